The van der Waals surface area contributed by atoms with Gasteiger partial charge in [0.25, 0.3) is 11.5 Å². The Labute approximate surface area is 134 Å². The Bertz CT molecular complexity index is 741. The molecule has 0 N–H and O–H groups in total. The molecule has 1 heterocycles. The fraction of sp³-hybridized carbons (Fsp3) is 0.231. The second-order valence-electron chi connectivity index (χ2n) is 4.49. The highest BCUT2D eigenvalue weighted by atomic mass is 35.5. The lowest BCUT2D eigenvalue weighted by atomic mass is 10.2. The van der Waals surface area contributed by atoms with Crippen LogP contribution in [0.15, 0.2) is 29.2 Å². The Morgan fingerprint density at radius 3 is 2.48 bits per heavy atom. The molecule has 0 aliphatic rings. The van der Waals surface area contributed by atoms with Crippen LogP contribution in [0.2, 0.25) is 15.1 Å². The van der Waals surface area contributed by atoms with Crippen LogP contribution in [0.1, 0.15) is 18.1 Å². The van der Waals surface area contributed by atoms with Gasteiger partial charge in [0.15, 0.2) is 0 Å². The Hall–Kier alpha value is -1.17. The molecule has 0 aliphatic carbocycles. The van der Waals surface area contributed by atoms with E-state index in [1.54, 1.807) is 0 Å². The van der Waals surface area contributed by atoms with Crippen molar-refractivity contribution in [1.82, 2.24) is 9.78 Å². The molecule has 0 radical (unpaired) electrons. The minimum Gasteiger partial charge on any atom is -0.268 e. The van der Waals surface area contributed by atoms with Crippen molar-refractivity contribution in [2.75, 3.05) is 0 Å². The summed E-state index contributed by atoms with van der Waals surface area (Å²) in [7, 11) is 0. The minimum absolute atomic E-state index is 0.0203. The van der Waals surface area contributed by atoms with Gasteiger partial charge in [-0.2, -0.15) is 5.10 Å². The molecule has 0 bridgehead atoms. The molecule has 0 spiro atoms. The van der Waals surface area contributed by atoms with E-state index in [9.17, 15) is 13.6 Å². The van der Waals surface area contributed by atoms with E-state index in [2.05, 4.69) is 5.10 Å². The maximum atomic E-state index is 13.1. The van der Waals surface area contributed by atoms with E-state index in [4.69, 9.17) is 34.8 Å². The molecular weight excluding hydrogens is 345 g/mol. The van der Waals surface area contributed by atoms with Crippen molar-refractivity contribution in [2.45, 2.75) is 19.4 Å². The summed E-state index contributed by atoms with van der Waals surface area (Å²) in [5.41, 5.74) is -0.639. The van der Waals surface area contributed by atoms with Gasteiger partial charge in [-0.05, 0) is 17.7 Å². The standard InChI is InChI=1S/C13H9Cl3F2N2O/c1-13(17,18)8-3-11(21)20(19-5-8)6-7-2-9(14)4-10(15)12(7)16/h2-5H,6H2,1H3. The van der Waals surface area contributed by atoms with Crippen LogP contribution in [0.4, 0.5) is 8.78 Å². The lowest BCUT2D eigenvalue weighted by molar-refractivity contribution is 0.0166. The van der Waals surface area contributed by atoms with Crippen LogP contribution in [0.3, 0.4) is 0 Å². The monoisotopic (exact) mass is 352 g/mol. The number of benzene rings is 1. The summed E-state index contributed by atoms with van der Waals surface area (Å²) in [5, 5.41) is 4.55. The first-order chi connectivity index (χ1) is 9.68. The predicted octanol–water partition coefficient (Wildman–Crippen LogP) is 4.36. The summed E-state index contributed by atoms with van der Waals surface area (Å²) >= 11 is 17.8. The second-order valence-corrected chi connectivity index (χ2v) is 5.71. The molecule has 0 unspecified atom stereocenters. The molecule has 0 saturated carbocycles. The van der Waals surface area contributed by atoms with Crippen molar-refractivity contribution in [2.24, 2.45) is 0 Å². The number of rotatable bonds is 3. The zero-order valence-electron chi connectivity index (χ0n) is 10.7. The van der Waals surface area contributed by atoms with Crippen molar-refractivity contribution >= 4 is 34.8 Å². The highest BCUT2D eigenvalue weighted by Crippen LogP contribution is 2.30. The van der Waals surface area contributed by atoms with Crippen molar-refractivity contribution < 1.29 is 8.78 Å². The third-order valence-corrected chi connectivity index (χ3v) is 3.82. The van der Waals surface area contributed by atoms with Gasteiger partial charge in [0.1, 0.15) is 0 Å². The zero-order chi connectivity index (χ0) is 15.8. The summed E-state index contributed by atoms with van der Waals surface area (Å²) in [6.07, 6.45) is 0.946. The predicted molar refractivity (Wildman–Crippen MR) is 78.6 cm³/mol. The average molecular weight is 354 g/mol. The molecule has 1 aromatic heterocycles. The first-order valence-electron chi connectivity index (χ1n) is 5.77. The van der Waals surface area contributed by atoms with E-state index in [1.807, 2.05) is 0 Å². The number of alkyl halides is 2. The van der Waals surface area contributed by atoms with E-state index >= 15 is 0 Å². The van der Waals surface area contributed by atoms with Gasteiger partial charge >= 0.3 is 0 Å². The molecule has 1 aromatic carbocycles. The van der Waals surface area contributed by atoms with Gasteiger partial charge < -0.3 is 0 Å². The van der Waals surface area contributed by atoms with E-state index in [1.165, 1.54) is 12.1 Å². The number of hydrogen-bond acceptors (Lipinski definition) is 2. The molecule has 21 heavy (non-hydrogen) atoms. The van der Waals surface area contributed by atoms with Crippen LogP contribution in [-0.2, 0) is 12.5 Å². The SMILES string of the molecule is CC(F)(F)c1cnn(Cc2cc(Cl)cc(Cl)c2Cl)c(=O)c1. The summed E-state index contributed by atoms with van der Waals surface area (Å²) in [5.74, 6) is -3.12. The third kappa shape index (κ3) is 3.73. The first kappa shape index (κ1) is 16.2. The van der Waals surface area contributed by atoms with Crippen LogP contribution in [0, 0.1) is 0 Å². The maximum Gasteiger partial charge on any atom is 0.272 e. The molecule has 0 saturated heterocycles. The van der Waals surface area contributed by atoms with Crippen LogP contribution < -0.4 is 5.56 Å². The van der Waals surface area contributed by atoms with Crippen LogP contribution in [0.25, 0.3) is 0 Å². The molecule has 0 fully saturated rings. The number of halogens is 5. The Kier molecular flexibility index (Phi) is 4.56. The zero-order valence-corrected chi connectivity index (χ0v) is 13.0. The first-order valence-corrected chi connectivity index (χ1v) is 6.91. The summed E-state index contributed by atoms with van der Waals surface area (Å²) in [6, 6.07) is 3.84. The van der Waals surface area contributed by atoms with E-state index in [0.29, 0.717) is 17.5 Å². The molecule has 0 amide bonds. The molecular formula is C13H9Cl3F2N2O. The van der Waals surface area contributed by atoms with Gasteiger partial charge in [0.2, 0.25) is 0 Å². The lowest BCUT2D eigenvalue weighted by Crippen LogP contribution is -2.25. The normalized spacial score (nSPS) is 11.7. The van der Waals surface area contributed by atoms with E-state index in [-0.39, 0.29) is 16.6 Å². The number of hydrogen-bond donors (Lipinski definition) is 0. The fourth-order valence-corrected chi connectivity index (χ4v) is 2.38. The Balaban J connectivity index is 2.40. The largest absolute Gasteiger partial charge is 0.272 e. The van der Waals surface area contributed by atoms with Crippen molar-refractivity contribution in [1.29, 1.82) is 0 Å². The summed E-state index contributed by atoms with van der Waals surface area (Å²) in [6.45, 7) is 0.676. The van der Waals surface area contributed by atoms with Gasteiger partial charge in [0.05, 0.1) is 22.8 Å². The average Bonchev–Trinajstić information content (AvgIpc) is 2.36. The van der Waals surface area contributed by atoms with Crippen molar-refractivity contribution in [3.8, 4) is 0 Å². The van der Waals surface area contributed by atoms with E-state index < -0.39 is 17.0 Å². The van der Waals surface area contributed by atoms with Crippen LogP contribution in [-0.4, -0.2) is 9.78 Å². The molecule has 2 aromatic rings. The maximum absolute atomic E-state index is 13.1. The van der Waals surface area contributed by atoms with Gasteiger partial charge in [-0.1, -0.05) is 34.8 Å². The van der Waals surface area contributed by atoms with Gasteiger partial charge in [-0.25, -0.2) is 13.5 Å². The smallest absolute Gasteiger partial charge is 0.268 e. The molecule has 0 aliphatic heterocycles. The topological polar surface area (TPSA) is 34.9 Å². The summed E-state index contributed by atoms with van der Waals surface area (Å²) < 4.78 is 27.2. The number of nitrogens with zero attached hydrogens (tertiary/aromatic N) is 2. The Morgan fingerprint density at radius 2 is 1.90 bits per heavy atom. The fourth-order valence-electron chi connectivity index (χ4n) is 1.68. The summed E-state index contributed by atoms with van der Waals surface area (Å²) in [4.78, 5) is 11.8. The molecule has 112 valence electrons. The van der Waals surface area contributed by atoms with Gasteiger partial charge in [0, 0.05) is 23.6 Å². The highest BCUT2D eigenvalue weighted by molar-refractivity contribution is 6.43. The van der Waals surface area contributed by atoms with Gasteiger partial charge in [-0.15, -0.1) is 0 Å². The quantitative estimate of drug-likeness (QED) is 0.768. The van der Waals surface area contributed by atoms with Crippen molar-refractivity contribution in [3.05, 3.63) is 60.9 Å². The Morgan fingerprint density at radius 1 is 1.24 bits per heavy atom. The molecule has 8 heteroatoms. The molecule has 2 rings (SSSR count). The molecule has 3 nitrogen and oxygen atoms in total. The third-order valence-electron chi connectivity index (χ3n) is 2.76. The lowest BCUT2D eigenvalue weighted by Gasteiger charge is -2.12. The molecule has 0 atom stereocenters. The van der Waals surface area contributed by atoms with Crippen LogP contribution >= 0.6 is 34.8 Å². The second kappa shape index (κ2) is 5.91. The van der Waals surface area contributed by atoms with Gasteiger partial charge in [-0.3, -0.25) is 4.79 Å². The van der Waals surface area contributed by atoms with Crippen molar-refractivity contribution in [3.63, 3.8) is 0 Å². The number of aromatic nitrogens is 2. The van der Waals surface area contributed by atoms with E-state index in [0.717, 1.165) is 16.9 Å². The highest BCUT2D eigenvalue weighted by Gasteiger charge is 2.25. The minimum atomic E-state index is -3.12. The van der Waals surface area contributed by atoms with Crippen LogP contribution in [0.5, 0.6) is 0 Å².